The average Bonchev–Trinajstić information content (AvgIpc) is 2.77. The third-order valence-electron chi connectivity index (χ3n) is 4.61. The topological polar surface area (TPSA) is 70.2 Å². The van der Waals surface area contributed by atoms with Crippen LogP contribution in [-0.4, -0.2) is 11.9 Å². The molecule has 0 aliphatic rings. The highest BCUT2D eigenvalue weighted by molar-refractivity contribution is 6.31. The van der Waals surface area contributed by atoms with Crippen LogP contribution < -0.4 is 16.0 Å². The lowest BCUT2D eigenvalue weighted by Crippen LogP contribution is -2.34. The quantitative estimate of drug-likeness (QED) is 0.454. The van der Waals surface area contributed by atoms with Gasteiger partial charge in [-0.1, -0.05) is 77.8 Å². The number of benzene rings is 3. The van der Waals surface area contributed by atoms with Crippen molar-refractivity contribution < 1.29 is 9.59 Å². The molecule has 3 amide bonds. The summed E-state index contributed by atoms with van der Waals surface area (Å²) in [5, 5.41) is 9.80. The van der Waals surface area contributed by atoms with Crippen LogP contribution in [0.2, 0.25) is 10.0 Å². The number of hydrogen-bond acceptors (Lipinski definition) is 2. The first-order valence-electron chi connectivity index (χ1n) is 9.83. The second-order valence-corrected chi connectivity index (χ2v) is 7.87. The molecule has 0 aromatic heterocycles. The normalized spacial score (nSPS) is 10.4. The number of rotatable bonds is 8. The highest BCUT2D eigenvalue weighted by atomic mass is 35.5. The van der Waals surface area contributed by atoms with Gasteiger partial charge < -0.3 is 16.0 Å². The third-order valence-corrected chi connectivity index (χ3v) is 5.23. The number of carbonyl (C=O) groups is 2. The fourth-order valence-corrected chi connectivity index (χ4v) is 3.29. The fraction of sp³-hybridized carbons (Fsp3) is 0.167. The van der Waals surface area contributed by atoms with Crippen molar-refractivity contribution in [3.63, 3.8) is 0 Å². The molecule has 3 N–H and O–H groups in total. The molecule has 3 aromatic carbocycles. The minimum Gasteiger partial charge on any atom is -0.352 e. The summed E-state index contributed by atoms with van der Waals surface area (Å²) >= 11 is 12.0. The van der Waals surface area contributed by atoms with E-state index >= 15 is 0 Å². The van der Waals surface area contributed by atoms with Gasteiger partial charge in [-0.05, 0) is 40.5 Å². The van der Waals surface area contributed by atoms with Crippen molar-refractivity contribution >= 4 is 35.1 Å². The lowest BCUT2D eigenvalue weighted by Gasteiger charge is -2.10. The van der Waals surface area contributed by atoms with Gasteiger partial charge in [-0.15, -0.1) is 0 Å². The van der Waals surface area contributed by atoms with E-state index in [0.717, 1.165) is 22.3 Å². The van der Waals surface area contributed by atoms with Gasteiger partial charge in [-0.3, -0.25) is 4.79 Å². The van der Waals surface area contributed by atoms with Crippen molar-refractivity contribution in [2.45, 2.75) is 26.1 Å². The van der Waals surface area contributed by atoms with Gasteiger partial charge in [0, 0.05) is 29.7 Å². The largest absolute Gasteiger partial charge is 0.352 e. The summed E-state index contributed by atoms with van der Waals surface area (Å²) in [4.78, 5) is 24.2. The molecule has 0 radical (unpaired) electrons. The van der Waals surface area contributed by atoms with Gasteiger partial charge in [-0.25, -0.2) is 4.79 Å². The number of urea groups is 1. The first kappa shape index (κ1) is 22.7. The van der Waals surface area contributed by atoms with E-state index in [2.05, 4.69) is 16.0 Å². The molecule has 0 fully saturated rings. The number of halogens is 2. The Balaban J connectivity index is 1.43. The molecule has 5 nitrogen and oxygen atoms in total. The molecule has 0 saturated carbocycles. The van der Waals surface area contributed by atoms with Gasteiger partial charge in [0.2, 0.25) is 5.91 Å². The number of hydrogen-bond donors (Lipinski definition) is 3. The highest BCUT2D eigenvalue weighted by Crippen LogP contribution is 2.14. The number of nitrogens with one attached hydrogen (secondary N) is 3. The standard InChI is InChI=1S/C24H23Cl2N3O2/c25-21-10-8-17(9-11-21)13-23(30)27-14-18-4-3-5-19(12-18)15-28-24(31)29-16-20-6-1-2-7-22(20)26/h1-12H,13-16H2,(H,27,30)(H2,28,29,31). The van der Waals surface area contributed by atoms with E-state index in [4.69, 9.17) is 23.2 Å². The molecule has 0 aliphatic heterocycles. The maximum atomic E-state index is 12.2. The molecule has 0 saturated heterocycles. The van der Waals surface area contributed by atoms with Gasteiger partial charge in [0.05, 0.1) is 6.42 Å². The molecular formula is C24H23Cl2N3O2. The van der Waals surface area contributed by atoms with E-state index in [-0.39, 0.29) is 11.9 Å². The zero-order valence-electron chi connectivity index (χ0n) is 16.8. The Morgan fingerprint density at radius 1 is 0.677 bits per heavy atom. The number of amides is 3. The zero-order chi connectivity index (χ0) is 22.1. The van der Waals surface area contributed by atoms with E-state index in [0.29, 0.717) is 36.1 Å². The fourth-order valence-electron chi connectivity index (χ4n) is 2.96. The maximum absolute atomic E-state index is 12.2. The molecule has 0 atom stereocenters. The van der Waals surface area contributed by atoms with Gasteiger partial charge >= 0.3 is 6.03 Å². The first-order chi connectivity index (χ1) is 15.0. The predicted octanol–water partition coefficient (Wildman–Crippen LogP) is 4.85. The van der Waals surface area contributed by atoms with E-state index in [1.807, 2.05) is 54.6 Å². The second kappa shape index (κ2) is 11.4. The smallest absolute Gasteiger partial charge is 0.315 e. The van der Waals surface area contributed by atoms with Crippen molar-refractivity contribution in [1.82, 2.24) is 16.0 Å². The van der Waals surface area contributed by atoms with Crippen molar-refractivity contribution in [3.8, 4) is 0 Å². The lowest BCUT2D eigenvalue weighted by molar-refractivity contribution is -0.120. The minimum absolute atomic E-state index is 0.0650. The Kier molecular flexibility index (Phi) is 8.33. The Morgan fingerprint density at radius 2 is 1.32 bits per heavy atom. The molecule has 31 heavy (non-hydrogen) atoms. The van der Waals surface area contributed by atoms with Crippen molar-refractivity contribution in [2.24, 2.45) is 0 Å². The second-order valence-electron chi connectivity index (χ2n) is 7.03. The SMILES string of the molecule is O=C(Cc1ccc(Cl)cc1)NCc1cccc(CNC(=O)NCc2ccccc2Cl)c1. The highest BCUT2D eigenvalue weighted by Gasteiger charge is 2.06. The summed E-state index contributed by atoms with van der Waals surface area (Å²) in [5.74, 6) is -0.0650. The lowest BCUT2D eigenvalue weighted by atomic mass is 10.1. The van der Waals surface area contributed by atoms with E-state index in [1.54, 1.807) is 18.2 Å². The molecule has 3 rings (SSSR count). The van der Waals surface area contributed by atoms with E-state index in [1.165, 1.54) is 0 Å². The Hall–Kier alpha value is -3.02. The zero-order valence-corrected chi connectivity index (χ0v) is 18.3. The first-order valence-corrected chi connectivity index (χ1v) is 10.6. The van der Waals surface area contributed by atoms with Crippen LogP contribution in [0.5, 0.6) is 0 Å². The minimum atomic E-state index is -0.276. The summed E-state index contributed by atoms with van der Waals surface area (Å²) in [7, 11) is 0. The van der Waals surface area contributed by atoms with Crippen LogP contribution >= 0.6 is 23.2 Å². The average molecular weight is 456 g/mol. The van der Waals surface area contributed by atoms with Crippen LogP contribution in [0.25, 0.3) is 0 Å². The van der Waals surface area contributed by atoms with Gasteiger partial charge in [0.25, 0.3) is 0 Å². The van der Waals surface area contributed by atoms with Gasteiger partial charge in [0.1, 0.15) is 0 Å². The van der Waals surface area contributed by atoms with Gasteiger partial charge in [-0.2, -0.15) is 0 Å². The van der Waals surface area contributed by atoms with Crippen molar-refractivity contribution in [1.29, 1.82) is 0 Å². The van der Waals surface area contributed by atoms with E-state index < -0.39 is 0 Å². The molecule has 0 unspecified atom stereocenters. The molecule has 0 bridgehead atoms. The Bertz CT molecular complexity index is 1040. The van der Waals surface area contributed by atoms with E-state index in [9.17, 15) is 9.59 Å². The molecule has 7 heteroatoms. The predicted molar refractivity (Wildman–Crippen MR) is 124 cm³/mol. The Morgan fingerprint density at radius 3 is 2.03 bits per heavy atom. The van der Waals surface area contributed by atoms with Gasteiger partial charge in [0.15, 0.2) is 0 Å². The van der Waals surface area contributed by atoms with Crippen molar-refractivity contribution in [2.75, 3.05) is 0 Å². The third kappa shape index (κ3) is 7.63. The molecule has 0 aliphatic carbocycles. The summed E-state index contributed by atoms with van der Waals surface area (Å²) in [6.07, 6.45) is 0.296. The van der Waals surface area contributed by atoms with Crippen molar-refractivity contribution in [3.05, 3.63) is 105 Å². The van der Waals surface area contributed by atoms with Crippen LogP contribution in [0.1, 0.15) is 22.3 Å². The molecule has 160 valence electrons. The van der Waals surface area contributed by atoms with Crippen LogP contribution in [0.3, 0.4) is 0 Å². The van der Waals surface area contributed by atoms with Crippen LogP contribution in [0.15, 0.2) is 72.8 Å². The maximum Gasteiger partial charge on any atom is 0.315 e. The molecular weight excluding hydrogens is 433 g/mol. The van der Waals surface area contributed by atoms with Crippen LogP contribution in [0, 0.1) is 0 Å². The molecule has 0 heterocycles. The summed E-state index contributed by atoms with van der Waals surface area (Å²) in [6, 6.07) is 22.0. The summed E-state index contributed by atoms with van der Waals surface area (Å²) in [5.41, 5.74) is 3.66. The summed E-state index contributed by atoms with van der Waals surface area (Å²) in [6.45, 7) is 1.14. The number of carbonyl (C=O) groups excluding carboxylic acids is 2. The summed E-state index contributed by atoms with van der Waals surface area (Å²) < 4.78 is 0. The molecule has 0 spiro atoms. The van der Waals surface area contributed by atoms with Crippen LogP contribution in [0.4, 0.5) is 4.79 Å². The molecule has 3 aromatic rings. The van der Waals surface area contributed by atoms with Crippen LogP contribution in [-0.2, 0) is 30.8 Å². The monoisotopic (exact) mass is 455 g/mol. The Labute approximate surface area is 191 Å².